The molecule has 342 valence electrons. The Morgan fingerprint density at radius 1 is 0.274 bits per heavy atom. The first-order chi connectivity index (χ1) is 36.2. The van der Waals surface area contributed by atoms with Crippen LogP contribution in [0, 0.1) is 0 Å². The van der Waals surface area contributed by atoms with E-state index in [0.717, 1.165) is 67.3 Å². The Hall–Kier alpha value is -9.56. The maximum Gasteiger partial charge on any atom is 0.221 e. The molecule has 15 rings (SSSR count). The minimum absolute atomic E-state index is 0.778. The normalized spacial score (nSPS) is 12.1. The topological polar surface area (TPSA) is 45.0 Å². The van der Waals surface area contributed by atoms with Crippen LogP contribution in [0.15, 0.2) is 267 Å². The van der Waals surface area contributed by atoms with E-state index >= 15 is 0 Å². The highest BCUT2D eigenvalue weighted by Crippen LogP contribution is 2.37. The van der Waals surface area contributed by atoms with Crippen LogP contribution in [0.4, 0.5) is 0 Å². The van der Waals surface area contributed by atoms with E-state index in [-0.39, 0.29) is 0 Å². The van der Waals surface area contributed by atoms with E-state index in [2.05, 4.69) is 285 Å². The Labute approximate surface area is 421 Å². The predicted molar refractivity (Wildman–Crippen MR) is 305 cm³/mol. The molecule has 5 aromatic heterocycles. The molecule has 0 aliphatic heterocycles. The maximum atomic E-state index is 5.72. The molecule has 0 amide bonds. The summed E-state index contributed by atoms with van der Waals surface area (Å²) < 4.78 is 9.34. The van der Waals surface area contributed by atoms with Crippen LogP contribution in [-0.4, -0.2) is 36.1 Å². The van der Waals surface area contributed by atoms with Crippen molar-refractivity contribution in [3.8, 4) is 28.5 Å². The third-order valence-electron chi connectivity index (χ3n) is 15.1. The molecule has 0 atom stereocenters. The van der Waals surface area contributed by atoms with Crippen LogP contribution in [0.3, 0.4) is 0 Å². The first kappa shape index (κ1) is 41.2. The van der Waals surface area contributed by atoms with Gasteiger partial charge in [0.15, 0.2) is 8.07 Å². The van der Waals surface area contributed by atoms with Gasteiger partial charge in [0.05, 0.1) is 44.1 Å². The summed E-state index contributed by atoms with van der Waals surface area (Å²) in [6.07, 6.45) is 0. The van der Waals surface area contributed by atoms with Crippen molar-refractivity contribution < 1.29 is 0 Å². The quantitative estimate of drug-likeness (QED) is 0.113. The molecule has 0 spiro atoms. The zero-order valence-electron chi connectivity index (χ0n) is 39.6. The molecule has 0 fully saturated rings. The molecule has 0 aliphatic rings. The van der Waals surface area contributed by atoms with Crippen molar-refractivity contribution >= 4 is 100 Å². The van der Waals surface area contributed by atoms with E-state index in [0.29, 0.717) is 0 Å². The number of aromatic nitrogens is 6. The van der Waals surface area contributed by atoms with E-state index in [1.165, 1.54) is 53.3 Å². The minimum Gasteiger partial charge on any atom is -0.309 e. The zero-order valence-corrected chi connectivity index (χ0v) is 40.6. The molecule has 73 heavy (non-hydrogen) atoms. The third kappa shape index (κ3) is 6.16. The largest absolute Gasteiger partial charge is 0.309 e. The number of para-hydroxylation sites is 6. The van der Waals surface area contributed by atoms with Gasteiger partial charge < -0.3 is 4.57 Å². The van der Waals surface area contributed by atoms with Crippen molar-refractivity contribution in [1.29, 1.82) is 0 Å². The lowest BCUT2D eigenvalue weighted by Gasteiger charge is -2.34. The average Bonchev–Trinajstić information content (AvgIpc) is 4.20. The molecule has 0 aliphatic carbocycles. The van der Waals surface area contributed by atoms with Gasteiger partial charge in [-0.25, -0.2) is 9.97 Å². The number of hydrogen-bond donors (Lipinski definition) is 0. The van der Waals surface area contributed by atoms with Crippen molar-refractivity contribution in [2.45, 2.75) is 0 Å². The van der Waals surface area contributed by atoms with Crippen LogP contribution >= 0.6 is 0 Å². The minimum atomic E-state index is -2.85. The highest BCUT2D eigenvalue weighted by molar-refractivity contribution is 7.20. The standard InChI is InChI=1S/C66H44N6Si/c1-4-23-48(24-5-1)73(49-25-6-2-7-26-49,50-27-8-3-9-28-50)51-39-40-56-63(44-51)71-61-37-18-19-38-62(61)72(66(71)67-56)65-43-46(42-64(68-65)70-59-35-16-12-31-54(59)55-32-13-17-36-60(55)70)45-21-20-22-47(41-45)69-57-33-14-10-29-52(57)53-30-11-15-34-58(53)69/h1-44H. The van der Waals surface area contributed by atoms with Crippen LogP contribution in [-0.2, 0) is 0 Å². The lowest BCUT2D eigenvalue weighted by atomic mass is 10.1. The van der Waals surface area contributed by atoms with Gasteiger partial charge in [0.2, 0.25) is 5.78 Å². The lowest BCUT2D eigenvalue weighted by Crippen LogP contribution is -2.74. The maximum absolute atomic E-state index is 5.72. The van der Waals surface area contributed by atoms with Crippen molar-refractivity contribution in [2.24, 2.45) is 0 Å². The summed E-state index contributed by atoms with van der Waals surface area (Å²) in [5.74, 6) is 2.41. The van der Waals surface area contributed by atoms with Crippen molar-refractivity contribution in [1.82, 2.24) is 28.1 Å². The average molecular weight is 949 g/mol. The molecule has 5 heterocycles. The fourth-order valence-corrected chi connectivity index (χ4v) is 16.8. The van der Waals surface area contributed by atoms with Gasteiger partial charge in [-0.2, -0.15) is 0 Å². The number of rotatable bonds is 8. The van der Waals surface area contributed by atoms with Gasteiger partial charge in [-0.1, -0.05) is 194 Å². The van der Waals surface area contributed by atoms with Crippen LogP contribution in [0.1, 0.15) is 0 Å². The number of benzene rings is 10. The summed E-state index contributed by atoms with van der Waals surface area (Å²) in [6, 6.07) is 97.2. The summed E-state index contributed by atoms with van der Waals surface area (Å²) in [5.41, 5.74) is 11.8. The molecule has 7 heteroatoms. The Balaban J connectivity index is 1.00. The molecule has 0 saturated heterocycles. The van der Waals surface area contributed by atoms with Gasteiger partial charge in [-0.3, -0.25) is 13.5 Å². The number of imidazole rings is 2. The number of fused-ring (bicyclic) bond motifs is 11. The van der Waals surface area contributed by atoms with E-state index < -0.39 is 8.07 Å². The highest BCUT2D eigenvalue weighted by atomic mass is 28.3. The Bertz CT molecular complexity index is 4420. The molecule has 0 bridgehead atoms. The lowest BCUT2D eigenvalue weighted by molar-refractivity contribution is 0.996. The SMILES string of the molecule is c1ccc([Si](c2ccccc2)(c2ccccc2)c2ccc3nc4n(-c5cc(-c6cccc(-n7c8ccccc8c8ccccc87)c6)cc(-n6c7ccccc7c7ccccc76)n5)c5ccccc5n4c3c2)cc1. The Kier molecular flexibility index (Phi) is 9.18. The van der Waals surface area contributed by atoms with Gasteiger partial charge >= 0.3 is 0 Å². The fraction of sp³-hybridized carbons (Fsp3) is 0. The highest BCUT2D eigenvalue weighted by Gasteiger charge is 2.41. The molecule has 0 N–H and O–H groups in total. The first-order valence-electron chi connectivity index (χ1n) is 24.9. The van der Waals surface area contributed by atoms with Crippen LogP contribution in [0.2, 0.25) is 0 Å². The van der Waals surface area contributed by atoms with E-state index in [4.69, 9.17) is 9.97 Å². The Morgan fingerprint density at radius 2 is 0.726 bits per heavy atom. The molecule has 10 aromatic carbocycles. The van der Waals surface area contributed by atoms with Gasteiger partial charge in [0, 0.05) is 27.2 Å². The molecule has 0 radical (unpaired) electrons. The van der Waals surface area contributed by atoms with Gasteiger partial charge in [-0.15, -0.1) is 0 Å². The first-order valence-corrected chi connectivity index (χ1v) is 26.9. The summed E-state index contributed by atoms with van der Waals surface area (Å²) in [4.78, 5) is 11.3. The van der Waals surface area contributed by atoms with E-state index in [9.17, 15) is 0 Å². The second kappa shape index (κ2) is 16.2. The second-order valence-corrected chi connectivity index (χ2v) is 22.8. The zero-order chi connectivity index (χ0) is 48.0. The van der Waals surface area contributed by atoms with Gasteiger partial charge in [0.25, 0.3) is 0 Å². The van der Waals surface area contributed by atoms with Crippen LogP contribution in [0.5, 0.6) is 0 Å². The number of hydrogen-bond acceptors (Lipinski definition) is 2. The molecule has 6 nitrogen and oxygen atoms in total. The second-order valence-electron chi connectivity index (χ2n) is 19.0. The van der Waals surface area contributed by atoms with E-state index in [1.807, 2.05) is 0 Å². The molecule has 15 aromatic rings. The smallest absolute Gasteiger partial charge is 0.221 e. The molecular formula is C66H44N6Si. The summed E-state index contributed by atoms with van der Waals surface area (Å²) >= 11 is 0. The summed E-state index contributed by atoms with van der Waals surface area (Å²) in [7, 11) is -2.85. The molecular weight excluding hydrogens is 905 g/mol. The summed E-state index contributed by atoms with van der Waals surface area (Å²) in [6.45, 7) is 0. The van der Waals surface area contributed by atoms with Crippen molar-refractivity contribution in [3.05, 3.63) is 267 Å². The van der Waals surface area contributed by atoms with Crippen molar-refractivity contribution in [2.75, 3.05) is 0 Å². The van der Waals surface area contributed by atoms with E-state index in [1.54, 1.807) is 0 Å². The van der Waals surface area contributed by atoms with Crippen LogP contribution in [0.25, 0.3) is 99.9 Å². The molecule has 0 unspecified atom stereocenters. The predicted octanol–water partition coefficient (Wildman–Crippen LogP) is 13.1. The number of pyridine rings is 1. The van der Waals surface area contributed by atoms with Gasteiger partial charge in [0.1, 0.15) is 11.6 Å². The third-order valence-corrected chi connectivity index (χ3v) is 19.9. The summed E-state index contributed by atoms with van der Waals surface area (Å²) in [5, 5.41) is 10.1. The van der Waals surface area contributed by atoms with Crippen molar-refractivity contribution in [3.63, 3.8) is 0 Å². The monoisotopic (exact) mass is 948 g/mol. The fourth-order valence-electron chi connectivity index (χ4n) is 12.0. The van der Waals surface area contributed by atoms with Gasteiger partial charge in [-0.05, 0) is 105 Å². The number of nitrogens with zero attached hydrogens (tertiary/aromatic N) is 6. The van der Waals surface area contributed by atoms with Crippen LogP contribution < -0.4 is 20.7 Å². The molecule has 0 saturated carbocycles. The Morgan fingerprint density at radius 3 is 1.26 bits per heavy atom.